The van der Waals surface area contributed by atoms with Gasteiger partial charge in [-0.15, -0.1) is 0 Å². The zero-order chi connectivity index (χ0) is 7.11. The number of nitrogens with zero attached hydrogens (tertiary/aromatic N) is 2. The van der Waals surface area contributed by atoms with Gasteiger partial charge in [0.1, 0.15) is 0 Å². The summed E-state index contributed by atoms with van der Waals surface area (Å²) < 4.78 is 4.78. The van der Waals surface area contributed by atoms with E-state index < -0.39 is 0 Å². The molecule has 0 radical (unpaired) electrons. The highest BCUT2D eigenvalue weighted by Crippen LogP contribution is 1.80. The molecule has 0 rings (SSSR count). The first-order valence-electron chi connectivity index (χ1n) is 2.92. The first kappa shape index (κ1) is 8.14. The summed E-state index contributed by atoms with van der Waals surface area (Å²) in [4.78, 5) is 7.76. The van der Waals surface area contributed by atoms with Gasteiger partial charge in [-0.05, 0) is 13.8 Å². The Morgan fingerprint density at radius 3 is 2.67 bits per heavy atom. The summed E-state index contributed by atoms with van der Waals surface area (Å²) >= 11 is 0. The summed E-state index contributed by atoms with van der Waals surface area (Å²) in [5.74, 6) is 0. The molecule has 3 nitrogen and oxygen atoms in total. The number of hydrogen-bond donors (Lipinski definition) is 0. The highest BCUT2D eigenvalue weighted by molar-refractivity contribution is 5.82. The number of amidine groups is 1. The monoisotopic (exact) mass is 128 g/mol. The van der Waals surface area contributed by atoms with E-state index in [1.54, 1.807) is 13.3 Å². The van der Waals surface area contributed by atoms with Crippen LogP contribution >= 0.6 is 0 Å². The second-order valence-corrected chi connectivity index (χ2v) is 1.35. The zero-order valence-electron chi connectivity index (χ0n) is 6.09. The van der Waals surface area contributed by atoms with Crippen molar-refractivity contribution in [1.82, 2.24) is 0 Å². The molecular formula is C6H12N2O. The largest absolute Gasteiger partial charge is 0.467 e. The van der Waals surface area contributed by atoms with E-state index in [0.717, 1.165) is 0 Å². The molecular weight excluding hydrogens is 116 g/mol. The molecule has 0 saturated heterocycles. The Morgan fingerprint density at radius 2 is 2.33 bits per heavy atom. The maximum atomic E-state index is 4.78. The van der Waals surface area contributed by atoms with Gasteiger partial charge in [-0.1, -0.05) is 0 Å². The van der Waals surface area contributed by atoms with E-state index >= 15 is 0 Å². The fraction of sp³-hybridized carbons (Fsp3) is 0.667. The quantitative estimate of drug-likeness (QED) is 0.384. The molecule has 0 unspecified atom stereocenters. The molecule has 0 spiro atoms. The number of methoxy groups -OCH3 is 1. The predicted molar refractivity (Wildman–Crippen MR) is 39.2 cm³/mol. The van der Waals surface area contributed by atoms with Crippen LogP contribution in [0, 0.1) is 0 Å². The Balaban J connectivity index is 3.81. The number of ether oxygens (including phenoxy) is 1. The highest BCUT2D eigenvalue weighted by atomic mass is 16.5. The van der Waals surface area contributed by atoms with E-state index in [1.807, 2.05) is 13.8 Å². The standard InChI is InChI=1S/C6H12N2O/c1-4-7-6(9-3)8-5-2/h4H,5H2,1-3H3. The Labute approximate surface area is 55.5 Å². The second kappa shape index (κ2) is 5.28. The molecule has 0 N–H and O–H groups in total. The fourth-order valence-electron chi connectivity index (χ4n) is 0.404. The van der Waals surface area contributed by atoms with Crippen LogP contribution in [0.2, 0.25) is 0 Å². The van der Waals surface area contributed by atoms with E-state index in [1.165, 1.54) is 0 Å². The van der Waals surface area contributed by atoms with Crippen molar-refractivity contribution >= 4 is 12.2 Å². The molecule has 0 aromatic rings. The van der Waals surface area contributed by atoms with E-state index in [-0.39, 0.29) is 0 Å². The van der Waals surface area contributed by atoms with Gasteiger partial charge < -0.3 is 4.74 Å². The van der Waals surface area contributed by atoms with E-state index in [4.69, 9.17) is 4.74 Å². The van der Waals surface area contributed by atoms with Gasteiger partial charge in [-0.2, -0.15) is 0 Å². The van der Waals surface area contributed by atoms with Gasteiger partial charge in [-0.25, -0.2) is 9.98 Å². The molecule has 0 aliphatic carbocycles. The molecule has 0 atom stereocenters. The van der Waals surface area contributed by atoms with Crippen molar-refractivity contribution in [1.29, 1.82) is 0 Å². The van der Waals surface area contributed by atoms with Gasteiger partial charge in [0.2, 0.25) is 0 Å². The molecule has 3 heteroatoms. The molecule has 0 aromatic heterocycles. The Morgan fingerprint density at radius 1 is 1.67 bits per heavy atom. The van der Waals surface area contributed by atoms with Crippen LogP contribution in [0.25, 0.3) is 0 Å². The van der Waals surface area contributed by atoms with Crippen molar-refractivity contribution in [3.8, 4) is 0 Å². The van der Waals surface area contributed by atoms with Crippen molar-refractivity contribution in [2.75, 3.05) is 13.7 Å². The first-order valence-corrected chi connectivity index (χ1v) is 2.92. The molecule has 0 aliphatic rings. The van der Waals surface area contributed by atoms with Gasteiger partial charge in [0.05, 0.1) is 7.11 Å². The second-order valence-electron chi connectivity index (χ2n) is 1.35. The molecule has 52 valence electrons. The molecule has 0 amide bonds. The molecule has 9 heavy (non-hydrogen) atoms. The highest BCUT2D eigenvalue weighted by Gasteiger charge is 1.86. The Bertz CT molecular complexity index is 118. The molecule has 0 aromatic carbocycles. The van der Waals surface area contributed by atoms with E-state index in [9.17, 15) is 0 Å². The number of aliphatic imine (C=N–C) groups is 2. The van der Waals surface area contributed by atoms with E-state index in [2.05, 4.69) is 9.98 Å². The number of hydrogen-bond acceptors (Lipinski definition) is 2. The normalized spacial score (nSPS) is 12.6. The van der Waals surface area contributed by atoms with Crippen LogP contribution in [0.15, 0.2) is 9.98 Å². The minimum atomic E-state index is 0.444. The fourth-order valence-corrected chi connectivity index (χ4v) is 0.404. The third kappa shape index (κ3) is 3.70. The average Bonchev–Trinajstić information content (AvgIpc) is 1.88. The molecule has 0 saturated carbocycles. The van der Waals surface area contributed by atoms with Crippen LogP contribution in [0.3, 0.4) is 0 Å². The topological polar surface area (TPSA) is 34.0 Å². The molecule has 0 aliphatic heterocycles. The van der Waals surface area contributed by atoms with Crippen LogP contribution < -0.4 is 0 Å². The van der Waals surface area contributed by atoms with Crippen molar-refractivity contribution in [3.63, 3.8) is 0 Å². The minimum absolute atomic E-state index is 0.444. The Kier molecular flexibility index (Phi) is 4.78. The van der Waals surface area contributed by atoms with Crippen molar-refractivity contribution in [3.05, 3.63) is 0 Å². The van der Waals surface area contributed by atoms with Gasteiger partial charge in [-0.3, -0.25) is 0 Å². The lowest BCUT2D eigenvalue weighted by atomic mass is 10.8. The van der Waals surface area contributed by atoms with Gasteiger partial charge >= 0.3 is 6.02 Å². The van der Waals surface area contributed by atoms with Crippen LogP contribution in [0.5, 0.6) is 0 Å². The lowest BCUT2D eigenvalue weighted by Gasteiger charge is -1.94. The summed E-state index contributed by atoms with van der Waals surface area (Å²) in [6.45, 7) is 4.47. The lowest BCUT2D eigenvalue weighted by Crippen LogP contribution is -1.97. The summed E-state index contributed by atoms with van der Waals surface area (Å²) in [5.41, 5.74) is 0. The summed E-state index contributed by atoms with van der Waals surface area (Å²) in [7, 11) is 1.56. The maximum absolute atomic E-state index is 4.78. The van der Waals surface area contributed by atoms with Gasteiger partial charge in [0.25, 0.3) is 0 Å². The predicted octanol–water partition coefficient (Wildman–Crippen LogP) is 1.10. The third-order valence-electron chi connectivity index (χ3n) is 0.715. The SMILES string of the molecule is CC=NC(=NCC)OC. The van der Waals surface area contributed by atoms with Crippen LogP contribution in [0.4, 0.5) is 0 Å². The van der Waals surface area contributed by atoms with E-state index in [0.29, 0.717) is 12.6 Å². The lowest BCUT2D eigenvalue weighted by molar-refractivity contribution is 0.395. The van der Waals surface area contributed by atoms with Gasteiger partial charge in [0.15, 0.2) is 0 Å². The van der Waals surface area contributed by atoms with Crippen LogP contribution in [-0.4, -0.2) is 25.9 Å². The van der Waals surface area contributed by atoms with Crippen LogP contribution in [-0.2, 0) is 4.74 Å². The molecule has 0 heterocycles. The molecule has 0 fully saturated rings. The zero-order valence-corrected chi connectivity index (χ0v) is 6.09. The third-order valence-corrected chi connectivity index (χ3v) is 0.715. The van der Waals surface area contributed by atoms with Crippen molar-refractivity contribution in [2.45, 2.75) is 13.8 Å². The first-order chi connectivity index (χ1) is 4.35. The summed E-state index contributed by atoms with van der Waals surface area (Å²) in [6, 6.07) is 0.444. The smallest absolute Gasteiger partial charge is 0.310 e. The maximum Gasteiger partial charge on any atom is 0.310 e. The van der Waals surface area contributed by atoms with Gasteiger partial charge in [0, 0.05) is 12.8 Å². The number of rotatable bonds is 1. The van der Waals surface area contributed by atoms with Crippen molar-refractivity contribution in [2.24, 2.45) is 9.98 Å². The summed E-state index contributed by atoms with van der Waals surface area (Å²) in [6.07, 6.45) is 1.65. The summed E-state index contributed by atoms with van der Waals surface area (Å²) in [5, 5.41) is 0. The van der Waals surface area contributed by atoms with Crippen molar-refractivity contribution < 1.29 is 4.74 Å². The molecule has 0 bridgehead atoms. The Hall–Kier alpha value is -0.860. The average molecular weight is 128 g/mol. The van der Waals surface area contributed by atoms with Crippen LogP contribution in [0.1, 0.15) is 13.8 Å². The minimum Gasteiger partial charge on any atom is -0.467 e.